The van der Waals surface area contributed by atoms with Gasteiger partial charge in [-0.05, 0) is 71.6 Å². The molecule has 0 radical (unpaired) electrons. The molecule has 1 aromatic rings. The number of amides is 1. The molecule has 1 unspecified atom stereocenters. The zero-order valence-corrected chi connectivity index (χ0v) is 21.4. The van der Waals surface area contributed by atoms with E-state index in [2.05, 4.69) is 12.2 Å². The van der Waals surface area contributed by atoms with Gasteiger partial charge in [0.2, 0.25) is 0 Å². The molecule has 1 rings (SSSR count). The van der Waals surface area contributed by atoms with E-state index in [4.69, 9.17) is 14.2 Å². The topological polar surface area (TPSA) is 73.9 Å². The fourth-order valence-electron chi connectivity index (χ4n) is 3.22. The van der Waals surface area contributed by atoms with Gasteiger partial charge in [-0.25, -0.2) is 9.59 Å². The summed E-state index contributed by atoms with van der Waals surface area (Å²) in [5.74, 6) is 0.428. The molecule has 1 N–H and O–H groups in total. The minimum absolute atomic E-state index is 0.298. The zero-order valence-electron chi connectivity index (χ0n) is 21.4. The number of esters is 1. The zero-order chi connectivity index (χ0) is 24.7. The summed E-state index contributed by atoms with van der Waals surface area (Å²) >= 11 is 0. The SMILES string of the molecule is CCCCCCCOc1ccc(CCC(C)(C=CC(=O)OCC)NC(=O)OC(C)(C)C)cc1. The summed E-state index contributed by atoms with van der Waals surface area (Å²) in [7, 11) is 0. The maximum absolute atomic E-state index is 12.4. The molecule has 0 bridgehead atoms. The van der Waals surface area contributed by atoms with Crippen molar-refractivity contribution in [3.05, 3.63) is 42.0 Å². The fourth-order valence-corrected chi connectivity index (χ4v) is 3.22. The molecular weight excluding hydrogens is 418 g/mol. The van der Waals surface area contributed by atoms with Crippen molar-refractivity contribution in [1.82, 2.24) is 5.32 Å². The molecule has 6 nitrogen and oxygen atoms in total. The predicted molar refractivity (Wildman–Crippen MR) is 133 cm³/mol. The molecule has 0 aromatic heterocycles. The summed E-state index contributed by atoms with van der Waals surface area (Å²) in [4.78, 5) is 24.2. The molecule has 1 amide bonds. The van der Waals surface area contributed by atoms with Crippen LogP contribution in [0, 0.1) is 0 Å². The average molecular weight is 462 g/mol. The standard InChI is InChI=1S/C27H43NO5/c1-7-9-10-11-12-21-32-23-15-13-22(14-16-23)17-19-27(6,20-18-24(29)31-8-2)28-25(30)33-26(3,4)5/h13-16,18,20H,7-12,17,19,21H2,1-6H3,(H,28,30). The molecule has 33 heavy (non-hydrogen) atoms. The highest BCUT2D eigenvalue weighted by molar-refractivity contribution is 5.82. The first-order valence-electron chi connectivity index (χ1n) is 12.2. The Kier molecular flexibility index (Phi) is 12.6. The van der Waals surface area contributed by atoms with Gasteiger partial charge < -0.3 is 19.5 Å². The van der Waals surface area contributed by atoms with E-state index in [0.717, 1.165) is 24.3 Å². The lowest BCUT2D eigenvalue weighted by molar-refractivity contribution is -0.137. The Morgan fingerprint density at radius 3 is 2.24 bits per heavy atom. The van der Waals surface area contributed by atoms with Crippen molar-refractivity contribution in [2.45, 2.75) is 97.6 Å². The van der Waals surface area contributed by atoms with Crippen molar-refractivity contribution < 1.29 is 23.8 Å². The first-order chi connectivity index (χ1) is 15.6. The van der Waals surface area contributed by atoms with Crippen molar-refractivity contribution in [3.63, 3.8) is 0 Å². The minimum Gasteiger partial charge on any atom is -0.494 e. The van der Waals surface area contributed by atoms with Gasteiger partial charge in [-0.1, -0.05) is 50.8 Å². The van der Waals surface area contributed by atoms with Crippen LogP contribution in [-0.2, 0) is 20.7 Å². The van der Waals surface area contributed by atoms with Gasteiger partial charge in [0.15, 0.2) is 0 Å². The van der Waals surface area contributed by atoms with Gasteiger partial charge in [-0.2, -0.15) is 0 Å². The molecule has 0 aliphatic heterocycles. The second-order valence-corrected chi connectivity index (χ2v) is 9.54. The number of hydrogen-bond donors (Lipinski definition) is 1. The molecule has 6 heteroatoms. The predicted octanol–water partition coefficient (Wildman–Crippen LogP) is 6.37. The van der Waals surface area contributed by atoms with Crippen LogP contribution < -0.4 is 10.1 Å². The number of nitrogens with one attached hydrogen (secondary N) is 1. The smallest absolute Gasteiger partial charge is 0.408 e. The Labute approximate surface area is 200 Å². The Morgan fingerprint density at radius 2 is 1.64 bits per heavy atom. The third kappa shape index (κ3) is 13.6. The highest BCUT2D eigenvalue weighted by Gasteiger charge is 2.27. The Hall–Kier alpha value is -2.50. The van der Waals surface area contributed by atoms with E-state index in [1.807, 2.05) is 52.0 Å². The van der Waals surface area contributed by atoms with Gasteiger partial charge in [-0.15, -0.1) is 0 Å². The van der Waals surface area contributed by atoms with Crippen LogP contribution in [0.4, 0.5) is 4.79 Å². The van der Waals surface area contributed by atoms with Crippen LogP contribution in [0.5, 0.6) is 5.75 Å². The highest BCUT2D eigenvalue weighted by Crippen LogP contribution is 2.20. The number of alkyl carbamates (subject to hydrolysis) is 1. The molecule has 0 spiro atoms. The quantitative estimate of drug-likeness (QED) is 0.198. The lowest BCUT2D eigenvalue weighted by atomic mass is 9.92. The van der Waals surface area contributed by atoms with Crippen molar-refractivity contribution in [2.24, 2.45) is 0 Å². The van der Waals surface area contributed by atoms with Gasteiger partial charge >= 0.3 is 12.1 Å². The number of carbonyl (C=O) groups excluding carboxylic acids is 2. The Balaban J connectivity index is 2.69. The molecule has 186 valence electrons. The van der Waals surface area contributed by atoms with Gasteiger partial charge in [0.1, 0.15) is 11.4 Å². The lowest BCUT2D eigenvalue weighted by Crippen LogP contribution is -2.47. The first kappa shape index (κ1) is 28.5. The minimum atomic E-state index is -0.775. The first-order valence-corrected chi connectivity index (χ1v) is 12.2. The maximum Gasteiger partial charge on any atom is 0.408 e. The van der Waals surface area contributed by atoms with E-state index >= 15 is 0 Å². The second-order valence-electron chi connectivity index (χ2n) is 9.54. The van der Waals surface area contributed by atoms with Gasteiger partial charge in [0.25, 0.3) is 0 Å². The average Bonchev–Trinajstić information content (AvgIpc) is 2.73. The molecule has 0 saturated heterocycles. The maximum atomic E-state index is 12.4. The largest absolute Gasteiger partial charge is 0.494 e. The van der Waals surface area contributed by atoms with Gasteiger partial charge in [0, 0.05) is 6.08 Å². The number of benzene rings is 1. The molecule has 1 atom stereocenters. The van der Waals surface area contributed by atoms with E-state index in [0.29, 0.717) is 19.4 Å². The van der Waals surface area contributed by atoms with Crippen LogP contribution in [0.1, 0.15) is 85.6 Å². The summed E-state index contributed by atoms with van der Waals surface area (Å²) in [5, 5.41) is 2.90. The van der Waals surface area contributed by atoms with Crippen molar-refractivity contribution >= 4 is 12.1 Å². The summed E-state index contributed by atoms with van der Waals surface area (Å²) < 4.78 is 16.2. The van der Waals surface area contributed by atoms with Gasteiger partial charge in [0.05, 0.1) is 18.8 Å². The number of ether oxygens (including phenoxy) is 3. The molecule has 0 aliphatic carbocycles. The second kappa shape index (κ2) is 14.6. The highest BCUT2D eigenvalue weighted by atomic mass is 16.6. The summed E-state index contributed by atoms with van der Waals surface area (Å²) in [6.45, 7) is 12.3. The lowest BCUT2D eigenvalue weighted by Gasteiger charge is -2.29. The van der Waals surface area contributed by atoms with E-state index in [9.17, 15) is 9.59 Å². The van der Waals surface area contributed by atoms with Crippen LogP contribution in [0.3, 0.4) is 0 Å². The molecule has 0 heterocycles. The number of aryl methyl sites for hydroxylation is 1. The molecule has 0 saturated carbocycles. The van der Waals surface area contributed by atoms with E-state index < -0.39 is 23.2 Å². The number of unbranched alkanes of at least 4 members (excludes halogenated alkanes) is 4. The van der Waals surface area contributed by atoms with Crippen molar-refractivity contribution in [2.75, 3.05) is 13.2 Å². The van der Waals surface area contributed by atoms with Gasteiger partial charge in [-0.3, -0.25) is 0 Å². The molecule has 1 aromatic carbocycles. The summed E-state index contributed by atoms with van der Waals surface area (Å²) in [6, 6.07) is 8.04. The summed E-state index contributed by atoms with van der Waals surface area (Å²) in [5.41, 5.74) is -0.267. The van der Waals surface area contributed by atoms with E-state index in [1.54, 1.807) is 13.0 Å². The van der Waals surface area contributed by atoms with Crippen LogP contribution in [0.15, 0.2) is 36.4 Å². The van der Waals surface area contributed by atoms with Crippen LogP contribution in [-0.4, -0.2) is 36.4 Å². The van der Waals surface area contributed by atoms with E-state index in [-0.39, 0.29) is 0 Å². The van der Waals surface area contributed by atoms with Crippen LogP contribution in [0.25, 0.3) is 0 Å². The van der Waals surface area contributed by atoms with Crippen LogP contribution >= 0.6 is 0 Å². The monoisotopic (exact) mass is 461 g/mol. The molecule has 0 fully saturated rings. The van der Waals surface area contributed by atoms with Crippen molar-refractivity contribution in [3.8, 4) is 5.75 Å². The fraction of sp³-hybridized carbons (Fsp3) is 0.630. The number of hydrogen-bond acceptors (Lipinski definition) is 5. The molecular formula is C27H43NO5. The molecule has 0 aliphatic rings. The Bertz CT molecular complexity index is 736. The number of rotatable bonds is 14. The third-order valence-corrected chi connectivity index (χ3v) is 5.03. The third-order valence-electron chi connectivity index (χ3n) is 5.03. The number of carbonyl (C=O) groups is 2. The van der Waals surface area contributed by atoms with Crippen LogP contribution in [0.2, 0.25) is 0 Å². The van der Waals surface area contributed by atoms with Crippen molar-refractivity contribution in [1.29, 1.82) is 0 Å². The normalized spacial score (nSPS) is 13.4. The van der Waals surface area contributed by atoms with E-state index in [1.165, 1.54) is 31.8 Å². The Morgan fingerprint density at radius 1 is 0.970 bits per heavy atom. The summed E-state index contributed by atoms with van der Waals surface area (Å²) in [6.07, 6.45) is 9.86.